The van der Waals surface area contributed by atoms with Crippen molar-refractivity contribution in [3.8, 4) is 5.75 Å². The van der Waals surface area contributed by atoms with Crippen LogP contribution < -0.4 is 10.1 Å². The topological polar surface area (TPSA) is 34.4 Å². The Bertz CT molecular complexity index is 785. The van der Waals surface area contributed by atoms with Gasteiger partial charge in [0.2, 0.25) is 0 Å². The normalized spacial score (nSPS) is 10.8. The molecule has 108 valence electrons. The van der Waals surface area contributed by atoms with E-state index in [1.807, 2.05) is 42.5 Å². The molecule has 3 nitrogen and oxygen atoms in total. The van der Waals surface area contributed by atoms with Gasteiger partial charge in [0.1, 0.15) is 5.76 Å². The van der Waals surface area contributed by atoms with Crippen LogP contribution in [0.2, 0.25) is 5.02 Å². The maximum atomic E-state index is 6.18. The average Bonchev–Trinajstić information content (AvgIpc) is 2.89. The third kappa shape index (κ3) is 3.01. The SMILES string of the molecule is COc1cccc2cc(CNc3ccc(Br)cc3Cl)oc12. The Morgan fingerprint density at radius 3 is 2.86 bits per heavy atom. The molecule has 3 rings (SSSR count). The van der Waals surface area contributed by atoms with Gasteiger partial charge in [0.15, 0.2) is 11.3 Å². The summed E-state index contributed by atoms with van der Waals surface area (Å²) < 4.78 is 12.1. The summed E-state index contributed by atoms with van der Waals surface area (Å²) in [6.45, 7) is 0.555. The van der Waals surface area contributed by atoms with Crippen LogP contribution in [0.25, 0.3) is 11.0 Å². The summed E-state index contributed by atoms with van der Waals surface area (Å²) in [7, 11) is 1.64. The van der Waals surface area contributed by atoms with Crippen molar-refractivity contribution in [1.82, 2.24) is 0 Å². The molecule has 0 radical (unpaired) electrons. The first-order chi connectivity index (χ1) is 10.2. The van der Waals surface area contributed by atoms with Crippen LogP contribution in [0.1, 0.15) is 5.76 Å². The third-order valence-electron chi connectivity index (χ3n) is 3.16. The van der Waals surface area contributed by atoms with Gasteiger partial charge in [0, 0.05) is 9.86 Å². The third-order valence-corrected chi connectivity index (χ3v) is 3.97. The number of anilines is 1. The van der Waals surface area contributed by atoms with Gasteiger partial charge < -0.3 is 14.5 Å². The van der Waals surface area contributed by atoms with E-state index in [1.165, 1.54) is 0 Å². The molecule has 2 aromatic carbocycles. The number of furan rings is 1. The van der Waals surface area contributed by atoms with Gasteiger partial charge in [-0.25, -0.2) is 0 Å². The molecule has 0 bridgehead atoms. The minimum atomic E-state index is 0.555. The summed E-state index contributed by atoms with van der Waals surface area (Å²) in [5.41, 5.74) is 1.63. The number of ether oxygens (including phenoxy) is 1. The van der Waals surface area contributed by atoms with Crippen molar-refractivity contribution in [3.05, 3.63) is 57.7 Å². The van der Waals surface area contributed by atoms with Crippen molar-refractivity contribution >= 4 is 44.2 Å². The number of hydrogen-bond donors (Lipinski definition) is 1. The molecule has 5 heteroatoms. The first-order valence-corrected chi connectivity index (χ1v) is 7.59. The zero-order valence-electron chi connectivity index (χ0n) is 11.3. The fraction of sp³-hybridized carbons (Fsp3) is 0.125. The Labute approximate surface area is 136 Å². The number of fused-ring (bicyclic) bond motifs is 1. The summed E-state index contributed by atoms with van der Waals surface area (Å²) in [4.78, 5) is 0. The van der Waals surface area contributed by atoms with E-state index in [-0.39, 0.29) is 0 Å². The largest absolute Gasteiger partial charge is 0.493 e. The van der Waals surface area contributed by atoms with Gasteiger partial charge in [-0.05, 0) is 30.3 Å². The van der Waals surface area contributed by atoms with Crippen molar-refractivity contribution in [2.75, 3.05) is 12.4 Å². The van der Waals surface area contributed by atoms with Gasteiger partial charge >= 0.3 is 0 Å². The van der Waals surface area contributed by atoms with Gasteiger partial charge in [-0.3, -0.25) is 0 Å². The molecule has 1 N–H and O–H groups in total. The van der Waals surface area contributed by atoms with E-state index in [4.69, 9.17) is 20.8 Å². The number of para-hydroxylation sites is 1. The van der Waals surface area contributed by atoms with Gasteiger partial charge in [-0.2, -0.15) is 0 Å². The second kappa shape index (κ2) is 6.00. The second-order valence-electron chi connectivity index (χ2n) is 4.57. The van der Waals surface area contributed by atoms with E-state index in [0.29, 0.717) is 11.6 Å². The summed E-state index contributed by atoms with van der Waals surface area (Å²) in [6.07, 6.45) is 0. The molecule has 0 aliphatic heterocycles. The molecular weight excluding hydrogens is 354 g/mol. The predicted molar refractivity (Wildman–Crippen MR) is 89.2 cm³/mol. The zero-order chi connectivity index (χ0) is 14.8. The quantitative estimate of drug-likeness (QED) is 0.665. The van der Waals surface area contributed by atoms with Gasteiger partial charge in [-0.1, -0.05) is 39.7 Å². The summed E-state index contributed by atoms with van der Waals surface area (Å²) in [6, 6.07) is 13.5. The molecule has 0 aliphatic rings. The molecule has 0 saturated heterocycles. The number of hydrogen-bond acceptors (Lipinski definition) is 3. The molecule has 0 atom stereocenters. The summed E-state index contributed by atoms with van der Waals surface area (Å²) >= 11 is 9.57. The molecule has 1 aromatic heterocycles. The molecule has 0 amide bonds. The summed E-state index contributed by atoms with van der Waals surface area (Å²) in [5, 5.41) is 4.95. The van der Waals surface area contributed by atoms with E-state index >= 15 is 0 Å². The van der Waals surface area contributed by atoms with E-state index in [2.05, 4.69) is 21.2 Å². The van der Waals surface area contributed by atoms with Crippen LogP contribution in [0.3, 0.4) is 0 Å². The maximum Gasteiger partial charge on any atom is 0.176 e. The van der Waals surface area contributed by atoms with Crippen molar-refractivity contribution in [1.29, 1.82) is 0 Å². The lowest BCUT2D eigenvalue weighted by Gasteiger charge is -2.06. The van der Waals surface area contributed by atoms with E-state index in [0.717, 1.165) is 32.6 Å². The first-order valence-electron chi connectivity index (χ1n) is 6.42. The van der Waals surface area contributed by atoms with Crippen LogP contribution in [0.15, 0.2) is 51.4 Å². The van der Waals surface area contributed by atoms with E-state index < -0.39 is 0 Å². The lowest BCUT2D eigenvalue weighted by Crippen LogP contribution is -1.98. The number of rotatable bonds is 4. The molecule has 0 spiro atoms. The Balaban J connectivity index is 1.82. The standard InChI is InChI=1S/C16H13BrClNO2/c1-20-15-4-2-3-10-7-12(21-16(10)15)9-19-14-6-5-11(17)8-13(14)18/h2-8,19H,9H2,1H3. The van der Waals surface area contributed by atoms with Crippen LogP contribution in [0, 0.1) is 0 Å². The van der Waals surface area contributed by atoms with Gasteiger partial charge in [-0.15, -0.1) is 0 Å². The van der Waals surface area contributed by atoms with Crippen LogP contribution in [0.5, 0.6) is 5.75 Å². The first kappa shape index (κ1) is 14.3. The van der Waals surface area contributed by atoms with Crippen LogP contribution in [0.4, 0.5) is 5.69 Å². The molecule has 0 unspecified atom stereocenters. The molecule has 21 heavy (non-hydrogen) atoms. The number of halogens is 2. The number of benzene rings is 2. The Morgan fingerprint density at radius 2 is 2.10 bits per heavy atom. The monoisotopic (exact) mass is 365 g/mol. The smallest absolute Gasteiger partial charge is 0.176 e. The van der Waals surface area contributed by atoms with Crippen LogP contribution >= 0.6 is 27.5 Å². The van der Waals surface area contributed by atoms with Crippen LogP contribution in [-0.2, 0) is 6.54 Å². The van der Waals surface area contributed by atoms with Crippen molar-refractivity contribution in [3.63, 3.8) is 0 Å². The highest BCUT2D eigenvalue weighted by atomic mass is 79.9. The van der Waals surface area contributed by atoms with Gasteiger partial charge in [0.05, 0.1) is 24.4 Å². The fourth-order valence-corrected chi connectivity index (χ4v) is 2.89. The molecule has 0 fully saturated rings. The zero-order valence-corrected chi connectivity index (χ0v) is 13.7. The minimum Gasteiger partial charge on any atom is -0.493 e. The minimum absolute atomic E-state index is 0.555. The molecule has 0 aliphatic carbocycles. The Kier molecular flexibility index (Phi) is 4.08. The van der Waals surface area contributed by atoms with E-state index in [9.17, 15) is 0 Å². The highest BCUT2D eigenvalue weighted by Crippen LogP contribution is 2.30. The van der Waals surface area contributed by atoms with E-state index in [1.54, 1.807) is 7.11 Å². The summed E-state index contributed by atoms with van der Waals surface area (Å²) in [5.74, 6) is 1.56. The van der Waals surface area contributed by atoms with Gasteiger partial charge in [0.25, 0.3) is 0 Å². The number of nitrogens with one attached hydrogen (secondary N) is 1. The van der Waals surface area contributed by atoms with Crippen molar-refractivity contribution < 1.29 is 9.15 Å². The Hall–Kier alpha value is -1.65. The highest BCUT2D eigenvalue weighted by Gasteiger charge is 2.09. The molecule has 3 aromatic rings. The highest BCUT2D eigenvalue weighted by molar-refractivity contribution is 9.10. The Morgan fingerprint density at radius 1 is 1.24 bits per heavy atom. The lowest BCUT2D eigenvalue weighted by molar-refractivity contribution is 0.408. The maximum absolute atomic E-state index is 6.18. The average molecular weight is 367 g/mol. The van der Waals surface area contributed by atoms with Crippen molar-refractivity contribution in [2.24, 2.45) is 0 Å². The predicted octanol–water partition coefficient (Wildman–Crippen LogP) is 5.47. The fourth-order valence-electron chi connectivity index (χ4n) is 2.15. The molecule has 0 saturated carbocycles. The molecular formula is C16H13BrClNO2. The van der Waals surface area contributed by atoms with Crippen LogP contribution in [-0.4, -0.2) is 7.11 Å². The molecule has 1 heterocycles. The van der Waals surface area contributed by atoms with Crippen molar-refractivity contribution in [2.45, 2.75) is 6.54 Å². The second-order valence-corrected chi connectivity index (χ2v) is 5.89. The lowest BCUT2D eigenvalue weighted by atomic mass is 10.2. The number of methoxy groups -OCH3 is 1.